The number of hydrogen-bond donors (Lipinski definition) is 1. The zero-order chi connectivity index (χ0) is 14.1. The first kappa shape index (κ1) is 13.3. The maximum absolute atomic E-state index is 12.6. The van der Waals surface area contributed by atoms with Crippen molar-refractivity contribution in [3.8, 4) is 0 Å². The van der Waals surface area contributed by atoms with E-state index in [1.807, 2.05) is 34.8 Å². The van der Waals surface area contributed by atoms with Crippen LogP contribution < -0.4 is 0 Å². The molecule has 0 spiro atoms. The molecule has 1 aliphatic rings. The highest BCUT2D eigenvalue weighted by molar-refractivity contribution is 6.30. The molecule has 0 aliphatic carbocycles. The van der Waals surface area contributed by atoms with Crippen LogP contribution in [0.1, 0.15) is 22.2 Å². The minimum Gasteiger partial charge on any atom is -0.377 e. The van der Waals surface area contributed by atoms with Gasteiger partial charge in [0.05, 0.1) is 24.3 Å². The third-order valence-electron chi connectivity index (χ3n) is 3.59. The van der Waals surface area contributed by atoms with Crippen LogP contribution in [0.15, 0.2) is 30.6 Å². The average molecular weight is 294 g/mol. The van der Waals surface area contributed by atoms with Gasteiger partial charge >= 0.3 is 0 Å². The molecule has 0 saturated carbocycles. The van der Waals surface area contributed by atoms with Gasteiger partial charge in [-0.15, -0.1) is 0 Å². The van der Waals surface area contributed by atoms with Crippen molar-refractivity contribution < 1.29 is 9.53 Å². The number of nitrogens with one attached hydrogen (secondary N) is 1. The van der Waals surface area contributed by atoms with E-state index in [-0.39, 0.29) is 11.9 Å². The van der Waals surface area contributed by atoms with Crippen molar-refractivity contribution >= 4 is 17.5 Å². The highest BCUT2D eigenvalue weighted by atomic mass is 35.5. The Morgan fingerprint density at radius 3 is 3.05 bits per heavy atom. The van der Waals surface area contributed by atoms with Crippen LogP contribution in [0.4, 0.5) is 0 Å². The number of carbonyl (C=O) groups excluding carboxylic acids is 1. The molecule has 1 fully saturated rings. The first-order valence-corrected chi connectivity index (χ1v) is 6.88. The monoisotopic (exact) mass is 293 g/mol. The van der Waals surface area contributed by atoms with Crippen molar-refractivity contribution in [3.63, 3.8) is 0 Å². The number of ether oxygens (including phenoxy) is 1. The van der Waals surface area contributed by atoms with Crippen molar-refractivity contribution in [2.75, 3.05) is 19.8 Å². The third-order valence-corrected chi connectivity index (χ3v) is 3.81. The molecule has 2 aromatic rings. The lowest BCUT2D eigenvalue weighted by molar-refractivity contribution is -0.00490. The molecule has 106 valence electrons. The second-order valence-electron chi connectivity index (χ2n) is 4.86. The molecular formula is C14H16ClN3O2. The molecule has 1 unspecified atom stereocenters. The van der Waals surface area contributed by atoms with Gasteiger partial charge < -0.3 is 19.2 Å². The standard InChI is InChI=1S/C14H16ClN3O2/c1-17-4-2-3-12(17)13-9-20-6-5-18(13)14(19)11-7-10(15)8-16-11/h2-4,7-8,13,16H,5-6,9H2,1H3. The topological polar surface area (TPSA) is 50.3 Å². The Labute approximate surface area is 122 Å². The summed E-state index contributed by atoms with van der Waals surface area (Å²) in [5.74, 6) is -0.0496. The number of aromatic nitrogens is 2. The zero-order valence-corrected chi connectivity index (χ0v) is 11.9. The Morgan fingerprint density at radius 1 is 1.55 bits per heavy atom. The number of H-pyrrole nitrogens is 1. The molecule has 3 rings (SSSR count). The molecule has 0 bridgehead atoms. The number of halogens is 1. The molecule has 1 amide bonds. The van der Waals surface area contributed by atoms with Gasteiger partial charge in [0.25, 0.3) is 5.91 Å². The first-order valence-electron chi connectivity index (χ1n) is 6.50. The van der Waals surface area contributed by atoms with Crippen LogP contribution in [-0.4, -0.2) is 40.1 Å². The minimum atomic E-state index is -0.0710. The van der Waals surface area contributed by atoms with Crippen LogP contribution in [0.5, 0.6) is 0 Å². The number of hydrogen-bond acceptors (Lipinski definition) is 2. The molecule has 1 saturated heterocycles. The van der Waals surface area contributed by atoms with Gasteiger partial charge in [0.2, 0.25) is 0 Å². The Hall–Kier alpha value is -1.72. The van der Waals surface area contributed by atoms with Crippen molar-refractivity contribution in [1.82, 2.24) is 14.5 Å². The lowest BCUT2D eigenvalue weighted by Gasteiger charge is -2.35. The van der Waals surface area contributed by atoms with Gasteiger partial charge in [-0.25, -0.2) is 0 Å². The van der Waals surface area contributed by atoms with Crippen LogP contribution in [0, 0.1) is 0 Å². The fraction of sp³-hybridized carbons (Fsp3) is 0.357. The highest BCUT2D eigenvalue weighted by Gasteiger charge is 2.31. The average Bonchev–Trinajstić information content (AvgIpc) is 3.07. The van der Waals surface area contributed by atoms with E-state index in [4.69, 9.17) is 16.3 Å². The van der Waals surface area contributed by atoms with E-state index >= 15 is 0 Å². The highest BCUT2D eigenvalue weighted by Crippen LogP contribution is 2.26. The van der Waals surface area contributed by atoms with Crippen LogP contribution in [0.2, 0.25) is 5.02 Å². The normalized spacial score (nSPS) is 19.3. The van der Waals surface area contributed by atoms with Gasteiger partial charge in [-0.1, -0.05) is 11.6 Å². The van der Waals surface area contributed by atoms with Gasteiger partial charge in [-0.05, 0) is 18.2 Å². The summed E-state index contributed by atoms with van der Waals surface area (Å²) in [6.07, 6.45) is 3.59. The second-order valence-corrected chi connectivity index (χ2v) is 5.30. The molecule has 20 heavy (non-hydrogen) atoms. The SMILES string of the molecule is Cn1cccc1C1COCCN1C(=O)c1cc(Cl)c[nH]1. The van der Waals surface area contributed by atoms with E-state index in [0.717, 1.165) is 5.69 Å². The number of carbonyl (C=O) groups is 1. The summed E-state index contributed by atoms with van der Waals surface area (Å²) in [5, 5.41) is 0.539. The Kier molecular flexibility index (Phi) is 3.54. The third kappa shape index (κ3) is 2.34. The van der Waals surface area contributed by atoms with Crippen LogP contribution in [0.25, 0.3) is 0 Å². The maximum atomic E-state index is 12.6. The molecule has 2 aromatic heterocycles. The number of amides is 1. The van der Waals surface area contributed by atoms with Crippen molar-refractivity contribution in [3.05, 3.63) is 47.0 Å². The fourth-order valence-corrected chi connectivity index (χ4v) is 2.72. The van der Waals surface area contributed by atoms with Crippen molar-refractivity contribution in [1.29, 1.82) is 0 Å². The zero-order valence-electron chi connectivity index (χ0n) is 11.2. The Bertz CT molecular complexity index is 619. The molecule has 6 heteroatoms. The van der Waals surface area contributed by atoms with Gasteiger partial charge in [0, 0.05) is 31.7 Å². The molecule has 1 N–H and O–H groups in total. The summed E-state index contributed by atoms with van der Waals surface area (Å²) in [5.41, 5.74) is 1.58. The van der Waals surface area contributed by atoms with Gasteiger partial charge in [-0.3, -0.25) is 4.79 Å². The van der Waals surface area contributed by atoms with Gasteiger partial charge in [0.1, 0.15) is 5.69 Å². The summed E-state index contributed by atoms with van der Waals surface area (Å²) < 4.78 is 7.55. The maximum Gasteiger partial charge on any atom is 0.271 e. The predicted octanol–water partition coefficient (Wildman–Crippen LogP) is 2.22. The summed E-state index contributed by atoms with van der Waals surface area (Å²) in [6, 6.07) is 5.57. The predicted molar refractivity (Wildman–Crippen MR) is 75.8 cm³/mol. The molecule has 0 radical (unpaired) electrons. The van der Waals surface area contributed by atoms with E-state index < -0.39 is 0 Å². The molecule has 3 heterocycles. The Balaban J connectivity index is 1.89. The smallest absolute Gasteiger partial charge is 0.271 e. The molecule has 1 atom stereocenters. The lowest BCUT2D eigenvalue weighted by atomic mass is 10.1. The van der Waals surface area contributed by atoms with Gasteiger partial charge in [0.15, 0.2) is 0 Å². The number of aromatic amines is 1. The van der Waals surface area contributed by atoms with Crippen LogP contribution in [0.3, 0.4) is 0 Å². The summed E-state index contributed by atoms with van der Waals surface area (Å²) in [4.78, 5) is 17.3. The summed E-state index contributed by atoms with van der Waals surface area (Å²) in [6.45, 7) is 1.64. The minimum absolute atomic E-state index is 0.0496. The fourth-order valence-electron chi connectivity index (χ4n) is 2.56. The molecular weight excluding hydrogens is 278 g/mol. The van der Waals surface area contributed by atoms with Crippen LogP contribution in [-0.2, 0) is 11.8 Å². The van der Waals surface area contributed by atoms with E-state index in [2.05, 4.69) is 4.98 Å². The number of morpholine rings is 1. The van der Waals surface area contributed by atoms with Crippen molar-refractivity contribution in [2.24, 2.45) is 7.05 Å². The Morgan fingerprint density at radius 2 is 2.40 bits per heavy atom. The molecule has 0 aromatic carbocycles. The second kappa shape index (κ2) is 5.34. The van der Waals surface area contributed by atoms with E-state index in [1.165, 1.54) is 0 Å². The van der Waals surface area contributed by atoms with Crippen molar-refractivity contribution in [2.45, 2.75) is 6.04 Å². The van der Waals surface area contributed by atoms with Crippen LogP contribution >= 0.6 is 11.6 Å². The first-order chi connectivity index (χ1) is 9.66. The largest absolute Gasteiger partial charge is 0.377 e. The van der Waals surface area contributed by atoms with E-state index in [0.29, 0.717) is 30.5 Å². The van der Waals surface area contributed by atoms with E-state index in [1.54, 1.807) is 12.3 Å². The lowest BCUT2D eigenvalue weighted by Crippen LogP contribution is -2.44. The summed E-state index contributed by atoms with van der Waals surface area (Å²) >= 11 is 5.87. The number of nitrogens with zero attached hydrogens (tertiary/aromatic N) is 2. The summed E-state index contributed by atoms with van der Waals surface area (Å²) in [7, 11) is 1.97. The number of aryl methyl sites for hydroxylation is 1. The number of rotatable bonds is 2. The van der Waals surface area contributed by atoms with E-state index in [9.17, 15) is 4.79 Å². The quantitative estimate of drug-likeness (QED) is 0.923. The molecule has 1 aliphatic heterocycles. The molecule has 5 nitrogen and oxygen atoms in total. The van der Waals surface area contributed by atoms with Gasteiger partial charge in [-0.2, -0.15) is 0 Å².